The summed E-state index contributed by atoms with van der Waals surface area (Å²) in [6.45, 7) is 2.26. The van der Waals surface area contributed by atoms with E-state index in [-0.39, 0.29) is 0 Å². The van der Waals surface area contributed by atoms with E-state index in [1.807, 2.05) is 73.1 Å². The number of rotatable bonds is 7. The van der Waals surface area contributed by atoms with Crippen molar-refractivity contribution in [2.75, 3.05) is 14.2 Å². The first-order valence-corrected chi connectivity index (χ1v) is 12.1. The molecule has 4 heterocycles. The Bertz CT molecular complexity index is 1680. The van der Waals surface area contributed by atoms with Gasteiger partial charge in [-0.3, -0.25) is 0 Å². The summed E-state index contributed by atoms with van der Waals surface area (Å²) in [7, 11) is 3.27. The number of benzene rings is 2. The molecule has 180 valence electrons. The van der Waals surface area contributed by atoms with Crippen molar-refractivity contribution in [2.24, 2.45) is 0 Å². The topological polar surface area (TPSA) is 83.9 Å². The normalized spacial score (nSPS) is 11.3. The molecule has 0 saturated heterocycles. The largest absolute Gasteiger partial charge is 0.497 e. The molecule has 4 aromatic heterocycles. The van der Waals surface area contributed by atoms with Crippen molar-refractivity contribution in [2.45, 2.75) is 13.5 Å². The smallest absolute Gasteiger partial charge is 0.155 e. The Kier molecular flexibility index (Phi) is 5.54. The Balaban J connectivity index is 1.28. The fourth-order valence-electron chi connectivity index (χ4n) is 3.93. The van der Waals surface area contributed by atoms with Gasteiger partial charge in [-0.1, -0.05) is 0 Å². The van der Waals surface area contributed by atoms with E-state index in [2.05, 4.69) is 10.1 Å². The van der Waals surface area contributed by atoms with Crippen molar-refractivity contribution in [3.8, 4) is 39.3 Å². The van der Waals surface area contributed by atoms with Crippen LogP contribution in [0.15, 0.2) is 70.6 Å². The lowest BCUT2D eigenvalue weighted by molar-refractivity contribution is 0.303. The van der Waals surface area contributed by atoms with Gasteiger partial charge in [0.25, 0.3) is 0 Å². The Hall–Kier alpha value is -4.37. The first-order chi connectivity index (χ1) is 17.6. The molecule has 8 nitrogen and oxygen atoms in total. The van der Waals surface area contributed by atoms with Gasteiger partial charge in [-0.05, 0) is 49.4 Å². The zero-order chi connectivity index (χ0) is 24.6. The lowest BCUT2D eigenvalue weighted by Gasteiger charge is -2.08. The highest BCUT2D eigenvalue weighted by molar-refractivity contribution is 7.13. The molecule has 0 saturated carbocycles. The summed E-state index contributed by atoms with van der Waals surface area (Å²) in [5.74, 6) is 2.73. The molecule has 0 bridgehead atoms. The van der Waals surface area contributed by atoms with E-state index < -0.39 is 0 Å². The molecular weight excluding hydrogens is 476 g/mol. The minimum Gasteiger partial charge on any atom is -0.497 e. The van der Waals surface area contributed by atoms with Gasteiger partial charge >= 0.3 is 0 Å². The van der Waals surface area contributed by atoms with Crippen LogP contribution in [0.3, 0.4) is 0 Å². The highest BCUT2D eigenvalue weighted by atomic mass is 32.1. The molecule has 0 atom stereocenters. The third-order valence-corrected chi connectivity index (χ3v) is 6.72. The molecule has 0 N–H and O–H groups in total. The number of ether oxygens (including phenoxy) is 3. The number of aromatic nitrogens is 4. The molecule has 0 spiro atoms. The zero-order valence-electron chi connectivity index (χ0n) is 19.9. The highest BCUT2D eigenvalue weighted by Gasteiger charge is 2.16. The average Bonchev–Trinajstić information content (AvgIpc) is 3.64. The van der Waals surface area contributed by atoms with E-state index in [0.29, 0.717) is 35.1 Å². The van der Waals surface area contributed by atoms with Crippen molar-refractivity contribution in [1.29, 1.82) is 0 Å². The number of nitrogens with zero attached hydrogens (tertiary/aromatic N) is 4. The second kappa shape index (κ2) is 9.01. The summed E-state index contributed by atoms with van der Waals surface area (Å²) in [6, 6.07) is 17.3. The predicted molar refractivity (Wildman–Crippen MR) is 138 cm³/mol. The van der Waals surface area contributed by atoms with Gasteiger partial charge in [-0.2, -0.15) is 5.10 Å². The van der Waals surface area contributed by atoms with Crippen LogP contribution in [0.2, 0.25) is 0 Å². The van der Waals surface area contributed by atoms with Gasteiger partial charge in [-0.15, -0.1) is 11.3 Å². The van der Waals surface area contributed by atoms with E-state index in [9.17, 15) is 0 Å². The van der Waals surface area contributed by atoms with Crippen LogP contribution >= 0.6 is 11.3 Å². The average molecular weight is 499 g/mol. The van der Waals surface area contributed by atoms with E-state index in [1.165, 1.54) is 0 Å². The van der Waals surface area contributed by atoms with Crippen molar-refractivity contribution in [1.82, 2.24) is 19.6 Å². The lowest BCUT2D eigenvalue weighted by atomic mass is 10.2. The number of fused-ring (bicyclic) bond motifs is 2. The predicted octanol–water partition coefficient (Wildman–Crippen LogP) is 6.17. The molecule has 9 heteroatoms. The van der Waals surface area contributed by atoms with Gasteiger partial charge in [0.1, 0.15) is 40.1 Å². The summed E-state index contributed by atoms with van der Waals surface area (Å²) in [5.41, 5.74) is 4.88. The Morgan fingerprint density at radius 2 is 1.78 bits per heavy atom. The number of furan rings is 1. The third-order valence-electron chi connectivity index (χ3n) is 5.78. The maximum Gasteiger partial charge on any atom is 0.155 e. The van der Waals surface area contributed by atoms with Gasteiger partial charge in [-0.25, -0.2) is 14.5 Å². The SMILES string of the molecule is COc1ccc(-c2nc(COc3cc(OC)cc4oc(-c5cn6nc(C)ccc6n5)cc34)cs2)cc1. The van der Waals surface area contributed by atoms with Crippen LogP contribution < -0.4 is 14.2 Å². The minimum atomic E-state index is 0.312. The number of hydrogen-bond donors (Lipinski definition) is 0. The zero-order valence-corrected chi connectivity index (χ0v) is 20.7. The van der Waals surface area contributed by atoms with E-state index in [4.69, 9.17) is 23.6 Å². The molecule has 0 aliphatic heterocycles. The lowest BCUT2D eigenvalue weighted by Crippen LogP contribution is -1.97. The van der Waals surface area contributed by atoms with Gasteiger partial charge in [0.2, 0.25) is 0 Å². The second-order valence-electron chi connectivity index (χ2n) is 8.21. The third kappa shape index (κ3) is 4.14. The molecule has 0 fully saturated rings. The van der Waals surface area contributed by atoms with Crippen LogP contribution in [0.1, 0.15) is 11.4 Å². The molecule has 2 aromatic carbocycles. The van der Waals surface area contributed by atoms with Crippen LogP contribution in [0.25, 0.3) is 38.6 Å². The van der Waals surface area contributed by atoms with E-state index in [1.54, 1.807) is 30.1 Å². The minimum absolute atomic E-state index is 0.312. The maximum absolute atomic E-state index is 6.20. The number of thiazole rings is 1. The molecule has 36 heavy (non-hydrogen) atoms. The second-order valence-corrected chi connectivity index (χ2v) is 9.07. The van der Waals surface area contributed by atoms with Crippen LogP contribution in [0.5, 0.6) is 17.2 Å². The fourth-order valence-corrected chi connectivity index (χ4v) is 4.74. The quantitative estimate of drug-likeness (QED) is 0.260. The molecule has 0 radical (unpaired) electrons. The standard InChI is InChI=1S/C27H22N4O4S/c1-16-4-9-26-29-22(13-31(26)30-16)25-12-21-23(10-20(33-3)11-24(21)35-25)34-14-18-15-36-27(28-18)17-5-7-19(32-2)8-6-17/h4-13,15H,14H2,1-3H3. The van der Waals surface area contributed by atoms with Crippen LogP contribution in [-0.2, 0) is 6.61 Å². The van der Waals surface area contributed by atoms with Gasteiger partial charge in [0.15, 0.2) is 11.4 Å². The van der Waals surface area contributed by atoms with Gasteiger partial charge < -0.3 is 18.6 Å². The molecule has 6 aromatic rings. The number of methoxy groups -OCH3 is 2. The van der Waals surface area contributed by atoms with Crippen molar-refractivity contribution in [3.05, 3.63) is 77.6 Å². The van der Waals surface area contributed by atoms with E-state index in [0.717, 1.165) is 38.7 Å². The Morgan fingerprint density at radius 3 is 2.58 bits per heavy atom. The van der Waals surface area contributed by atoms with Crippen LogP contribution in [0, 0.1) is 6.92 Å². The molecule has 6 rings (SSSR count). The number of hydrogen-bond acceptors (Lipinski definition) is 8. The fraction of sp³-hybridized carbons (Fsp3) is 0.148. The van der Waals surface area contributed by atoms with Crippen LogP contribution in [-0.4, -0.2) is 33.8 Å². The summed E-state index contributed by atoms with van der Waals surface area (Å²) >= 11 is 1.58. The molecule has 0 unspecified atom stereocenters. The monoisotopic (exact) mass is 498 g/mol. The summed E-state index contributed by atoms with van der Waals surface area (Å²) < 4.78 is 24.8. The van der Waals surface area contributed by atoms with Crippen molar-refractivity contribution in [3.63, 3.8) is 0 Å². The number of imidazole rings is 1. The number of aryl methyl sites for hydroxylation is 1. The molecule has 0 aliphatic carbocycles. The van der Waals surface area contributed by atoms with E-state index >= 15 is 0 Å². The van der Waals surface area contributed by atoms with Crippen molar-refractivity contribution >= 4 is 28.0 Å². The molecular formula is C27H22N4O4S. The summed E-state index contributed by atoms with van der Waals surface area (Å²) in [5, 5.41) is 8.23. The Morgan fingerprint density at radius 1 is 0.944 bits per heavy atom. The molecule has 0 aliphatic rings. The molecule has 0 amide bonds. The summed E-state index contributed by atoms with van der Waals surface area (Å²) in [4.78, 5) is 9.38. The van der Waals surface area contributed by atoms with Crippen LogP contribution in [0.4, 0.5) is 0 Å². The van der Waals surface area contributed by atoms with Gasteiger partial charge in [0, 0.05) is 23.1 Å². The maximum atomic E-state index is 6.20. The first kappa shape index (κ1) is 22.1. The highest BCUT2D eigenvalue weighted by Crippen LogP contribution is 2.37. The van der Waals surface area contributed by atoms with Crippen molar-refractivity contribution < 1.29 is 18.6 Å². The first-order valence-electron chi connectivity index (χ1n) is 11.3. The van der Waals surface area contributed by atoms with Gasteiger partial charge in [0.05, 0.1) is 37.2 Å². The summed E-state index contributed by atoms with van der Waals surface area (Å²) in [6.07, 6.45) is 1.85. The Labute approximate surface area is 210 Å².